The van der Waals surface area contributed by atoms with Gasteiger partial charge < -0.3 is 15.6 Å². The van der Waals surface area contributed by atoms with Crippen molar-refractivity contribution in [2.24, 2.45) is 0 Å². The third-order valence-electron chi connectivity index (χ3n) is 9.74. The van der Waals surface area contributed by atoms with E-state index >= 15 is 0 Å². The number of nitrogens with one attached hydrogen (secondary N) is 4. The van der Waals surface area contributed by atoms with E-state index in [2.05, 4.69) is 39.0 Å². The number of rotatable bonds is 20. The molecule has 0 radical (unpaired) electrons. The monoisotopic (exact) mass is 730 g/mol. The summed E-state index contributed by atoms with van der Waals surface area (Å²) in [6.45, 7) is 5.99. The van der Waals surface area contributed by atoms with Gasteiger partial charge in [0, 0.05) is 35.8 Å². The number of urea groups is 1. The van der Waals surface area contributed by atoms with Crippen LogP contribution >= 0.6 is 0 Å². The molecule has 0 unspecified atom stereocenters. The predicted octanol–water partition coefficient (Wildman–Crippen LogP) is 10.5. The highest BCUT2D eigenvalue weighted by atomic mass is 16.2. The topological polar surface area (TPSA) is 149 Å². The average Bonchev–Trinajstić information content (AvgIpc) is 3.81. The Morgan fingerprint density at radius 1 is 0.796 bits per heavy atom. The van der Waals surface area contributed by atoms with Crippen LogP contribution in [0.25, 0.3) is 22.6 Å². The molecule has 5 aromatic rings. The van der Waals surface area contributed by atoms with E-state index in [1.165, 1.54) is 75.0 Å². The molecule has 0 saturated carbocycles. The number of aromatic nitrogens is 4. The fourth-order valence-electron chi connectivity index (χ4n) is 6.96. The van der Waals surface area contributed by atoms with Gasteiger partial charge in [-0.3, -0.25) is 14.9 Å². The van der Waals surface area contributed by atoms with E-state index < -0.39 is 6.03 Å². The summed E-state index contributed by atoms with van der Waals surface area (Å²) in [6, 6.07) is 19.7. The number of nitriles is 1. The van der Waals surface area contributed by atoms with Crippen LogP contribution in [-0.4, -0.2) is 31.1 Å². The first-order chi connectivity index (χ1) is 26.3. The van der Waals surface area contributed by atoms with Gasteiger partial charge in [0.2, 0.25) is 5.91 Å². The fourth-order valence-corrected chi connectivity index (χ4v) is 6.96. The minimum absolute atomic E-state index is 0.0228. The van der Waals surface area contributed by atoms with Crippen LogP contribution in [0, 0.1) is 11.3 Å². The Labute approximate surface area is 318 Å². The summed E-state index contributed by atoms with van der Waals surface area (Å²) >= 11 is 0. The van der Waals surface area contributed by atoms with Crippen molar-refractivity contribution in [2.75, 3.05) is 16.0 Å². The highest BCUT2D eigenvalue weighted by Crippen LogP contribution is 2.35. The lowest BCUT2D eigenvalue weighted by Crippen LogP contribution is -2.28. The van der Waals surface area contributed by atoms with Crippen molar-refractivity contribution in [3.63, 3.8) is 0 Å². The van der Waals surface area contributed by atoms with E-state index in [9.17, 15) is 19.6 Å². The van der Waals surface area contributed by atoms with Gasteiger partial charge in [0.05, 0.1) is 5.56 Å². The number of nitrogens with zero attached hydrogens (tertiary/aromatic N) is 4. The second-order valence-corrected chi connectivity index (χ2v) is 14.3. The van der Waals surface area contributed by atoms with Crippen LogP contribution < -0.4 is 21.5 Å². The molecule has 3 aromatic heterocycles. The summed E-state index contributed by atoms with van der Waals surface area (Å²) in [5.41, 5.74) is 2.89. The molecule has 5 rings (SSSR count). The molecule has 0 atom stereocenters. The van der Waals surface area contributed by atoms with Crippen LogP contribution in [0.15, 0.2) is 77.9 Å². The summed E-state index contributed by atoms with van der Waals surface area (Å²) in [5, 5.41) is 23.3. The second kappa shape index (κ2) is 20.0. The smallest absolute Gasteiger partial charge is 0.324 e. The molecule has 0 aliphatic carbocycles. The number of anilines is 3. The lowest BCUT2D eigenvalue weighted by molar-refractivity contribution is -0.116. The first kappa shape index (κ1) is 39.6. The number of aromatic amines is 1. The molecule has 284 valence electrons. The van der Waals surface area contributed by atoms with Gasteiger partial charge in [0.25, 0.3) is 5.56 Å². The number of carbonyl (C=O) groups is 2. The minimum atomic E-state index is -0.572. The van der Waals surface area contributed by atoms with Gasteiger partial charge in [-0.15, -0.1) is 0 Å². The third kappa shape index (κ3) is 10.3. The van der Waals surface area contributed by atoms with E-state index in [0.29, 0.717) is 34.7 Å². The largest absolute Gasteiger partial charge is 0.326 e. The first-order valence-electron chi connectivity index (χ1n) is 19.6. The van der Waals surface area contributed by atoms with Crippen LogP contribution in [-0.2, 0) is 4.79 Å². The van der Waals surface area contributed by atoms with Crippen LogP contribution in [0.4, 0.5) is 22.0 Å². The highest BCUT2D eigenvalue weighted by molar-refractivity contribution is 6.00. The Hall–Kier alpha value is -5.63. The molecule has 0 aliphatic rings. The zero-order chi connectivity index (χ0) is 38.3. The maximum Gasteiger partial charge on any atom is 0.324 e. The normalized spacial score (nSPS) is 11.2. The zero-order valence-corrected chi connectivity index (χ0v) is 31.9. The number of hydrogen-bond acceptors (Lipinski definition) is 5. The van der Waals surface area contributed by atoms with E-state index in [0.717, 1.165) is 18.4 Å². The zero-order valence-electron chi connectivity index (χ0n) is 31.9. The molecule has 3 amide bonds. The van der Waals surface area contributed by atoms with Crippen molar-refractivity contribution >= 4 is 34.8 Å². The molecule has 11 heteroatoms. The maximum atomic E-state index is 14.3. The number of benzene rings is 2. The molecule has 0 bridgehead atoms. The SMILES string of the molecule is CCCCCCCCCCCCCCCC(=O)Nc1ccc(NC(=O)Nc2[nH]c3c(C#N)c(-c4ccccc4)c(-n4cccn4)n3c(=O)c2C(C)C)cc1. The molecular weight excluding hydrogens is 677 g/mol. The van der Waals surface area contributed by atoms with Gasteiger partial charge in [0.15, 0.2) is 5.82 Å². The van der Waals surface area contributed by atoms with Gasteiger partial charge in [0.1, 0.15) is 23.1 Å². The van der Waals surface area contributed by atoms with E-state index in [4.69, 9.17) is 0 Å². The molecule has 54 heavy (non-hydrogen) atoms. The highest BCUT2D eigenvalue weighted by Gasteiger charge is 2.27. The van der Waals surface area contributed by atoms with Gasteiger partial charge >= 0.3 is 6.03 Å². The third-order valence-corrected chi connectivity index (χ3v) is 9.74. The molecule has 3 heterocycles. The Bertz CT molecular complexity index is 2060. The van der Waals surface area contributed by atoms with Gasteiger partial charge in [-0.2, -0.15) is 10.4 Å². The number of hydrogen-bond donors (Lipinski definition) is 4. The van der Waals surface area contributed by atoms with Crippen LogP contribution in [0.5, 0.6) is 0 Å². The van der Waals surface area contributed by atoms with E-state index in [1.807, 2.05) is 44.2 Å². The number of carbonyl (C=O) groups excluding carboxylic acids is 2. The quantitative estimate of drug-likeness (QED) is 0.0588. The van der Waals surface area contributed by atoms with E-state index in [-0.39, 0.29) is 34.4 Å². The summed E-state index contributed by atoms with van der Waals surface area (Å²) in [7, 11) is 0. The number of fused-ring (bicyclic) bond motifs is 1. The number of unbranched alkanes of at least 4 members (excludes halogenated alkanes) is 12. The Morgan fingerprint density at radius 3 is 1.94 bits per heavy atom. The summed E-state index contributed by atoms with van der Waals surface area (Å²) in [4.78, 5) is 43.3. The van der Waals surface area contributed by atoms with Crippen molar-refractivity contribution in [2.45, 2.75) is 117 Å². The molecule has 0 fully saturated rings. The minimum Gasteiger partial charge on any atom is -0.326 e. The van der Waals surface area contributed by atoms with Gasteiger partial charge in [-0.05, 0) is 48.2 Å². The second-order valence-electron chi connectivity index (χ2n) is 14.3. The van der Waals surface area contributed by atoms with Crippen LogP contribution in [0.1, 0.15) is 128 Å². The predicted molar refractivity (Wildman–Crippen MR) is 217 cm³/mol. The first-order valence-corrected chi connectivity index (χ1v) is 19.6. The Morgan fingerprint density at radius 2 is 1.39 bits per heavy atom. The van der Waals surface area contributed by atoms with Crippen molar-refractivity contribution in [3.8, 4) is 23.0 Å². The van der Waals surface area contributed by atoms with Crippen LogP contribution in [0.2, 0.25) is 0 Å². The molecule has 0 aliphatic heterocycles. The Kier molecular flexibility index (Phi) is 14.7. The van der Waals surface area contributed by atoms with Crippen molar-refractivity contribution < 1.29 is 9.59 Å². The number of amides is 3. The summed E-state index contributed by atoms with van der Waals surface area (Å²) in [5.74, 6) is 0.311. The maximum absolute atomic E-state index is 14.3. The standard InChI is InChI=1S/C43H54N8O3/c1-4-5-6-7-8-9-10-11-12-13-14-15-19-23-36(52)46-33-24-26-34(27-25-33)47-43(54)49-39-37(31(2)3)42(53)51-40(48-39)35(30-44)38(32-21-17-16-18-22-32)41(51)50-29-20-28-45-50/h16-18,20-22,24-29,31,48H,4-15,19,23H2,1-3H3,(H,46,52)(H2,47,49,54). The van der Waals surface area contributed by atoms with Crippen molar-refractivity contribution in [1.29, 1.82) is 5.26 Å². The number of H-pyrrole nitrogens is 1. The molecule has 0 saturated heterocycles. The van der Waals surface area contributed by atoms with Gasteiger partial charge in [-0.1, -0.05) is 128 Å². The molecule has 11 nitrogen and oxygen atoms in total. The summed E-state index contributed by atoms with van der Waals surface area (Å²) in [6.07, 6.45) is 20.2. The summed E-state index contributed by atoms with van der Waals surface area (Å²) < 4.78 is 3.03. The average molecular weight is 731 g/mol. The fraction of sp³-hybridized carbons (Fsp3) is 0.419. The lowest BCUT2D eigenvalue weighted by atomic mass is 10.0. The van der Waals surface area contributed by atoms with Crippen molar-refractivity contribution in [3.05, 3.63) is 94.5 Å². The van der Waals surface area contributed by atoms with E-state index in [1.54, 1.807) is 47.4 Å². The van der Waals surface area contributed by atoms with Gasteiger partial charge in [-0.25, -0.2) is 13.9 Å². The lowest BCUT2D eigenvalue weighted by Gasteiger charge is -2.16. The molecule has 0 spiro atoms. The molecular formula is C43H54N8O3. The Balaban J connectivity index is 1.17. The molecule has 4 N–H and O–H groups in total. The van der Waals surface area contributed by atoms with Crippen LogP contribution in [0.3, 0.4) is 0 Å². The van der Waals surface area contributed by atoms with Crippen molar-refractivity contribution in [1.82, 2.24) is 19.2 Å². The molecule has 2 aromatic carbocycles.